The third kappa shape index (κ3) is 4240. The summed E-state index contributed by atoms with van der Waals surface area (Å²) in [5.41, 5.74) is 0. The Morgan fingerprint density at radius 3 is 0.765 bits per heavy atom. The second-order valence-corrected chi connectivity index (χ2v) is 8.87. The van der Waals surface area contributed by atoms with Crippen molar-refractivity contribution in [3.05, 3.63) is 0 Å². The summed E-state index contributed by atoms with van der Waals surface area (Å²) < 4.78 is 0.630. The van der Waals surface area contributed by atoms with Crippen LogP contribution in [0.3, 0.4) is 0 Å². The second kappa shape index (κ2) is 15.2. The van der Waals surface area contributed by atoms with Crippen molar-refractivity contribution in [1.29, 1.82) is 0 Å². The zero-order chi connectivity index (χ0) is 15.2. The fraction of sp³-hybridized carbons (Fsp3) is 0.700. The molecule has 0 aromatic carbocycles. The van der Waals surface area contributed by atoms with E-state index in [9.17, 15) is 0 Å². The molecule has 0 aliphatic rings. The fourth-order valence-corrected chi connectivity index (χ4v) is 0. The molecule has 7 heteroatoms. The normalized spacial score (nSPS) is 7.94. The van der Waals surface area contributed by atoms with Crippen molar-refractivity contribution in [2.45, 2.75) is 45.0 Å². The second-order valence-electron chi connectivity index (χ2n) is 3.92. The molecule has 0 heterocycles. The van der Waals surface area contributed by atoms with Crippen molar-refractivity contribution in [2.75, 3.05) is 0 Å². The molecule has 0 amide bonds. The molecule has 0 aliphatic heterocycles. The Balaban J connectivity index is -0.0000000667. The molecular formula is C10H22O6Sn. The van der Waals surface area contributed by atoms with Gasteiger partial charge in [-0.05, 0) is 0 Å². The molecule has 0 aromatic heterocycles. The Labute approximate surface area is 115 Å². The van der Waals surface area contributed by atoms with Crippen LogP contribution in [0.5, 0.6) is 0 Å². The van der Waals surface area contributed by atoms with Crippen LogP contribution in [-0.2, 0) is 14.4 Å². The summed E-state index contributed by atoms with van der Waals surface area (Å²) in [6.45, 7) is 9.99. The van der Waals surface area contributed by atoms with Crippen LogP contribution < -0.4 is 0 Å². The minimum atomic E-state index is -0.833. The Morgan fingerprint density at radius 1 is 0.765 bits per heavy atom. The molecule has 0 saturated carbocycles. The van der Waals surface area contributed by atoms with Gasteiger partial charge in [-0.3, -0.25) is 14.4 Å². The van der Waals surface area contributed by atoms with Gasteiger partial charge in [0.05, 0.1) is 0 Å². The molecule has 0 rings (SSSR count). The van der Waals surface area contributed by atoms with Gasteiger partial charge in [-0.25, -0.2) is 0 Å². The number of aliphatic carboxylic acids is 3. The molecule has 2 radical (unpaired) electrons. The van der Waals surface area contributed by atoms with Gasteiger partial charge in [-0.15, -0.1) is 0 Å². The number of carboxylic acid groups (broad SMARTS) is 3. The van der Waals surface area contributed by atoms with Crippen LogP contribution in [0.4, 0.5) is 0 Å². The van der Waals surface area contributed by atoms with E-state index >= 15 is 0 Å². The zero-order valence-electron chi connectivity index (χ0n) is 11.1. The van der Waals surface area contributed by atoms with E-state index in [2.05, 4.69) is 20.8 Å². The Hall–Kier alpha value is -0.791. The maximum absolute atomic E-state index is 9.00. The van der Waals surface area contributed by atoms with Gasteiger partial charge in [0.15, 0.2) is 0 Å². The van der Waals surface area contributed by atoms with Crippen molar-refractivity contribution >= 4 is 40.4 Å². The van der Waals surface area contributed by atoms with Crippen molar-refractivity contribution < 1.29 is 29.7 Å². The summed E-state index contributed by atoms with van der Waals surface area (Å²) in [5, 5.41) is 22.2. The van der Waals surface area contributed by atoms with Crippen LogP contribution in [-0.4, -0.2) is 55.8 Å². The van der Waals surface area contributed by atoms with Crippen molar-refractivity contribution in [2.24, 2.45) is 0 Å². The van der Waals surface area contributed by atoms with E-state index in [1.165, 1.54) is 22.5 Å². The van der Waals surface area contributed by atoms with E-state index < -0.39 is 17.9 Å². The molecule has 0 atom stereocenters. The SMILES string of the molecule is CC(=O)O.CC(=O)O.CC(=O)O.C[C](C)(C)[SnH]. The van der Waals surface area contributed by atoms with E-state index in [-0.39, 0.29) is 0 Å². The van der Waals surface area contributed by atoms with Gasteiger partial charge in [-0.2, -0.15) is 0 Å². The van der Waals surface area contributed by atoms with Crippen LogP contribution in [0.25, 0.3) is 0 Å². The van der Waals surface area contributed by atoms with Crippen LogP contribution in [0.15, 0.2) is 0 Å². The van der Waals surface area contributed by atoms with Crippen LogP contribution >= 0.6 is 0 Å². The number of hydrogen-bond acceptors (Lipinski definition) is 3. The summed E-state index contributed by atoms with van der Waals surface area (Å²) >= 11 is 1.36. The third-order valence-corrected chi connectivity index (χ3v) is 0. The number of rotatable bonds is 0. The minimum absolute atomic E-state index is 0.630. The Morgan fingerprint density at radius 2 is 0.765 bits per heavy atom. The topological polar surface area (TPSA) is 112 Å². The first-order chi connectivity index (χ1) is 7.20. The van der Waals surface area contributed by atoms with Crippen LogP contribution in [0.2, 0.25) is 3.43 Å². The monoisotopic (exact) mass is 358 g/mol. The van der Waals surface area contributed by atoms with Gasteiger partial charge in [0.25, 0.3) is 17.9 Å². The van der Waals surface area contributed by atoms with Crippen molar-refractivity contribution in [3.8, 4) is 0 Å². The molecular weight excluding hydrogens is 335 g/mol. The van der Waals surface area contributed by atoms with Crippen LogP contribution in [0, 0.1) is 0 Å². The van der Waals surface area contributed by atoms with E-state index in [0.717, 1.165) is 20.8 Å². The average Bonchev–Trinajstić information content (AvgIpc) is 1.73. The van der Waals surface area contributed by atoms with E-state index in [1.807, 2.05) is 0 Å². The van der Waals surface area contributed by atoms with E-state index in [0.29, 0.717) is 3.43 Å². The number of carboxylic acids is 3. The van der Waals surface area contributed by atoms with Gasteiger partial charge >= 0.3 is 46.7 Å². The average molecular weight is 357 g/mol. The number of hydrogen-bond donors (Lipinski definition) is 3. The molecule has 102 valence electrons. The Kier molecular flexibility index (Phi) is 22.5. The zero-order valence-corrected chi connectivity index (χ0v) is 14.4. The van der Waals surface area contributed by atoms with Gasteiger partial charge in [0.2, 0.25) is 0 Å². The van der Waals surface area contributed by atoms with Gasteiger partial charge in [-0.1, -0.05) is 0 Å². The standard InChI is InChI=1S/C4H9.3C2H4O2.Sn.H/c1-4(2)3;3*1-2(3)4;;/h1-3H3;3*1H3,(H,3,4);;. The maximum atomic E-state index is 9.00. The molecule has 0 bridgehead atoms. The molecule has 0 unspecified atom stereocenters. The van der Waals surface area contributed by atoms with Crippen LogP contribution in [0.1, 0.15) is 41.5 Å². The van der Waals surface area contributed by atoms with Crippen molar-refractivity contribution in [1.82, 2.24) is 0 Å². The van der Waals surface area contributed by atoms with E-state index in [4.69, 9.17) is 29.7 Å². The molecule has 0 aromatic rings. The summed E-state index contributed by atoms with van der Waals surface area (Å²) in [6, 6.07) is 0. The van der Waals surface area contributed by atoms with Gasteiger partial charge in [0.1, 0.15) is 0 Å². The molecule has 0 spiro atoms. The summed E-state index contributed by atoms with van der Waals surface area (Å²) in [4.78, 5) is 27.0. The quantitative estimate of drug-likeness (QED) is 0.565. The fourth-order valence-electron chi connectivity index (χ4n) is 0. The molecule has 0 fully saturated rings. The molecule has 0 aliphatic carbocycles. The molecule has 0 saturated heterocycles. The Bertz CT molecular complexity index is 173. The molecule has 3 N–H and O–H groups in total. The van der Waals surface area contributed by atoms with E-state index in [1.54, 1.807) is 0 Å². The number of carbonyl (C=O) groups is 3. The van der Waals surface area contributed by atoms with Gasteiger partial charge in [0, 0.05) is 20.8 Å². The predicted octanol–water partition coefficient (Wildman–Crippen LogP) is 1.38. The van der Waals surface area contributed by atoms with Gasteiger partial charge < -0.3 is 15.3 Å². The summed E-state index contributed by atoms with van der Waals surface area (Å²) in [7, 11) is 0. The van der Waals surface area contributed by atoms with Crippen molar-refractivity contribution in [3.63, 3.8) is 0 Å². The summed E-state index contributed by atoms with van der Waals surface area (Å²) in [6.07, 6.45) is 0. The first-order valence-electron chi connectivity index (χ1n) is 4.57. The molecule has 17 heavy (non-hydrogen) atoms. The summed E-state index contributed by atoms with van der Waals surface area (Å²) in [5.74, 6) is -2.50. The first-order valence-corrected chi connectivity index (χ1v) is 6.22. The first kappa shape index (κ1) is 25.2. The molecule has 6 nitrogen and oxygen atoms in total. The third-order valence-electron chi connectivity index (χ3n) is 0. The predicted molar refractivity (Wildman–Crippen MR) is 66.8 cm³/mol.